The SMILES string of the molecule is CC(I)C(=O)OCOc1ccc([S+](c2ccccc2)c2ccccc2)cc1. The van der Waals surface area contributed by atoms with E-state index in [0.29, 0.717) is 5.75 Å². The molecule has 0 saturated carbocycles. The van der Waals surface area contributed by atoms with Gasteiger partial charge in [0, 0.05) is 0 Å². The van der Waals surface area contributed by atoms with Crippen LogP contribution in [0.15, 0.2) is 99.6 Å². The molecular formula is C22H20IO3S+. The number of benzene rings is 3. The average Bonchev–Trinajstić information content (AvgIpc) is 2.71. The second-order valence-electron chi connectivity index (χ2n) is 5.75. The zero-order chi connectivity index (χ0) is 19.1. The number of halogens is 1. The van der Waals surface area contributed by atoms with Gasteiger partial charge >= 0.3 is 5.97 Å². The van der Waals surface area contributed by atoms with Gasteiger partial charge in [0.2, 0.25) is 6.79 Å². The Morgan fingerprint density at radius 2 is 1.33 bits per heavy atom. The zero-order valence-corrected chi connectivity index (χ0v) is 17.9. The predicted molar refractivity (Wildman–Crippen MR) is 117 cm³/mol. The van der Waals surface area contributed by atoms with Crippen LogP contribution in [0.5, 0.6) is 5.75 Å². The fraction of sp³-hybridized carbons (Fsp3) is 0.136. The van der Waals surface area contributed by atoms with Gasteiger partial charge in [-0.3, -0.25) is 4.79 Å². The van der Waals surface area contributed by atoms with Gasteiger partial charge in [0.15, 0.2) is 14.7 Å². The van der Waals surface area contributed by atoms with Crippen molar-refractivity contribution in [1.82, 2.24) is 0 Å². The minimum Gasteiger partial charge on any atom is -0.457 e. The van der Waals surface area contributed by atoms with Crippen LogP contribution in [0, 0.1) is 0 Å². The van der Waals surface area contributed by atoms with E-state index in [1.807, 2.05) is 46.9 Å². The summed E-state index contributed by atoms with van der Waals surface area (Å²) in [5.41, 5.74) is 0. The number of hydrogen-bond donors (Lipinski definition) is 0. The lowest BCUT2D eigenvalue weighted by atomic mass is 10.3. The Morgan fingerprint density at radius 3 is 1.81 bits per heavy atom. The van der Waals surface area contributed by atoms with Crippen LogP contribution in [0.25, 0.3) is 0 Å². The quantitative estimate of drug-likeness (QED) is 0.144. The van der Waals surface area contributed by atoms with E-state index in [9.17, 15) is 4.79 Å². The highest BCUT2D eigenvalue weighted by Crippen LogP contribution is 2.31. The Hall–Kier alpha value is -1.99. The van der Waals surface area contributed by atoms with E-state index in [1.165, 1.54) is 14.7 Å². The second kappa shape index (κ2) is 9.80. The number of alkyl halides is 1. The molecule has 0 bridgehead atoms. The van der Waals surface area contributed by atoms with Gasteiger partial charge in [-0.15, -0.1) is 0 Å². The number of rotatable bonds is 7. The van der Waals surface area contributed by atoms with Crippen molar-refractivity contribution >= 4 is 39.5 Å². The molecule has 5 heteroatoms. The summed E-state index contributed by atoms with van der Waals surface area (Å²) in [5, 5.41) is 0. The molecular weight excluding hydrogens is 471 g/mol. The van der Waals surface area contributed by atoms with Gasteiger partial charge in [0.1, 0.15) is 9.67 Å². The number of ether oxygens (including phenoxy) is 2. The van der Waals surface area contributed by atoms with Crippen molar-refractivity contribution in [3.63, 3.8) is 0 Å². The van der Waals surface area contributed by atoms with E-state index in [4.69, 9.17) is 9.47 Å². The van der Waals surface area contributed by atoms with Gasteiger partial charge in [-0.2, -0.15) is 0 Å². The molecule has 3 rings (SSSR count). The third-order valence-corrected chi connectivity index (χ3v) is 6.51. The molecule has 1 atom stereocenters. The molecule has 3 aromatic rings. The Kier molecular flexibility index (Phi) is 7.18. The van der Waals surface area contributed by atoms with Gasteiger partial charge in [-0.1, -0.05) is 59.0 Å². The fourth-order valence-electron chi connectivity index (χ4n) is 2.46. The van der Waals surface area contributed by atoms with Gasteiger partial charge in [-0.25, -0.2) is 0 Å². The van der Waals surface area contributed by atoms with Crippen molar-refractivity contribution in [3.8, 4) is 5.75 Å². The van der Waals surface area contributed by atoms with Crippen molar-refractivity contribution in [2.45, 2.75) is 25.5 Å². The third kappa shape index (κ3) is 5.49. The number of carbonyl (C=O) groups excluding carboxylic acids is 1. The normalized spacial score (nSPS) is 11.8. The van der Waals surface area contributed by atoms with Gasteiger partial charge in [0.05, 0.1) is 10.9 Å². The summed E-state index contributed by atoms with van der Waals surface area (Å²) in [7, 11) is -0.184. The van der Waals surface area contributed by atoms with Crippen LogP contribution in [-0.2, 0) is 20.4 Å². The molecule has 0 aromatic heterocycles. The van der Waals surface area contributed by atoms with Crippen LogP contribution < -0.4 is 4.74 Å². The van der Waals surface area contributed by atoms with E-state index in [-0.39, 0.29) is 27.6 Å². The summed E-state index contributed by atoms with van der Waals surface area (Å²) in [6.45, 7) is 1.71. The summed E-state index contributed by atoms with van der Waals surface area (Å²) in [5.74, 6) is 0.402. The molecule has 1 unspecified atom stereocenters. The maximum absolute atomic E-state index is 11.5. The van der Waals surface area contributed by atoms with Gasteiger partial charge < -0.3 is 9.47 Å². The highest BCUT2D eigenvalue weighted by Gasteiger charge is 2.28. The maximum Gasteiger partial charge on any atom is 0.321 e. The summed E-state index contributed by atoms with van der Waals surface area (Å²) < 4.78 is 10.4. The monoisotopic (exact) mass is 491 g/mol. The molecule has 3 aromatic carbocycles. The molecule has 0 heterocycles. The first-order chi connectivity index (χ1) is 13.1. The van der Waals surface area contributed by atoms with E-state index in [1.54, 1.807) is 6.92 Å². The smallest absolute Gasteiger partial charge is 0.321 e. The van der Waals surface area contributed by atoms with E-state index < -0.39 is 0 Å². The lowest BCUT2D eigenvalue weighted by Gasteiger charge is -2.10. The largest absolute Gasteiger partial charge is 0.457 e. The molecule has 0 aliphatic carbocycles. The summed E-state index contributed by atoms with van der Waals surface area (Å²) in [4.78, 5) is 15.2. The fourth-order valence-corrected chi connectivity index (χ4v) is 4.73. The molecule has 0 spiro atoms. The van der Waals surface area contributed by atoms with E-state index >= 15 is 0 Å². The molecule has 0 N–H and O–H groups in total. The lowest BCUT2D eigenvalue weighted by molar-refractivity contribution is -0.148. The van der Waals surface area contributed by atoms with Crippen molar-refractivity contribution < 1.29 is 14.3 Å². The Labute approximate surface area is 176 Å². The molecule has 27 heavy (non-hydrogen) atoms. The molecule has 3 nitrogen and oxygen atoms in total. The molecule has 0 aliphatic rings. The average molecular weight is 491 g/mol. The van der Waals surface area contributed by atoms with E-state index in [2.05, 4.69) is 60.7 Å². The summed E-state index contributed by atoms with van der Waals surface area (Å²) >= 11 is 2.02. The van der Waals surface area contributed by atoms with Crippen molar-refractivity contribution in [3.05, 3.63) is 84.9 Å². The van der Waals surface area contributed by atoms with Crippen LogP contribution in [0.2, 0.25) is 0 Å². The molecule has 138 valence electrons. The molecule has 0 saturated heterocycles. The van der Waals surface area contributed by atoms with Crippen molar-refractivity contribution in [1.29, 1.82) is 0 Å². The second-order valence-corrected chi connectivity index (χ2v) is 9.64. The summed E-state index contributed by atoms with van der Waals surface area (Å²) in [6, 6.07) is 28.9. The van der Waals surface area contributed by atoms with Crippen LogP contribution in [-0.4, -0.2) is 16.7 Å². The zero-order valence-electron chi connectivity index (χ0n) is 14.9. The molecule has 0 amide bonds. The number of carbonyl (C=O) groups is 1. The topological polar surface area (TPSA) is 35.5 Å². The van der Waals surface area contributed by atoms with Crippen LogP contribution in [0.3, 0.4) is 0 Å². The Balaban J connectivity index is 1.77. The minimum absolute atomic E-state index is 0.0748. The highest BCUT2D eigenvalue weighted by atomic mass is 127. The first-order valence-corrected chi connectivity index (χ1v) is 11.0. The number of hydrogen-bond acceptors (Lipinski definition) is 3. The van der Waals surface area contributed by atoms with Crippen LogP contribution in [0.4, 0.5) is 0 Å². The van der Waals surface area contributed by atoms with Crippen LogP contribution >= 0.6 is 22.6 Å². The minimum atomic E-state index is -0.276. The van der Waals surface area contributed by atoms with Crippen molar-refractivity contribution in [2.75, 3.05) is 6.79 Å². The lowest BCUT2D eigenvalue weighted by Crippen LogP contribution is -2.17. The van der Waals surface area contributed by atoms with Gasteiger partial charge in [0.25, 0.3) is 0 Å². The summed E-state index contributed by atoms with van der Waals surface area (Å²) in [6.07, 6.45) is 0. The van der Waals surface area contributed by atoms with Crippen molar-refractivity contribution in [2.24, 2.45) is 0 Å². The number of esters is 1. The highest BCUT2D eigenvalue weighted by molar-refractivity contribution is 14.1. The first-order valence-electron chi connectivity index (χ1n) is 8.53. The van der Waals surface area contributed by atoms with Crippen LogP contribution in [0.1, 0.15) is 6.92 Å². The molecule has 0 aliphatic heterocycles. The van der Waals surface area contributed by atoms with E-state index in [0.717, 1.165) is 0 Å². The standard InChI is InChI=1S/C22H20IO3S/c1-17(23)22(24)26-16-25-18-12-14-21(15-13-18)27(19-8-4-2-5-9-19)20-10-6-3-7-11-20/h2-15,17H,16H2,1H3/q+1. The maximum atomic E-state index is 11.5. The third-order valence-electron chi connectivity index (χ3n) is 3.77. The predicted octanol–water partition coefficient (Wildman–Crippen LogP) is 5.49. The Bertz CT molecular complexity index is 812. The Morgan fingerprint density at radius 1 is 0.852 bits per heavy atom. The molecule has 0 radical (unpaired) electrons. The molecule has 0 fully saturated rings. The first kappa shape index (κ1) is 19.8. The van der Waals surface area contributed by atoms with Gasteiger partial charge in [-0.05, 0) is 55.5 Å².